The average Bonchev–Trinajstić information content (AvgIpc) is 2.93. The molecular weight excluding hydrogens is 243 g/mol. The third kappa shape index (κ3) is 3.32. The Bertz CT molecular complexity index is 455. The number of aryl methyl sites for hydroxylation is 1. The van der Waals surface area contributed by atoms with Gasteiger partial charge in [-0.3, -0.25) is 9.69 Å². The largest absolute Gasteiger partial charge is 0.350 e. The Balaban J connectivity index is 1.92. The van der Waals surface area contributed by atoms with Crippen molar-refractivity contribution in [1.82, 2.24) is 10.2 Å². The summed E-state index contributed by atoms with van der Waals surface area (Å²) in [4.78, 5) is 14.3. The third-order valence-electron chi connectivity index (χ3n) is 3.76. The lowest BCUT2D eigenvalue weighted by Gasteiger charge is -2.23. The Labute approximate surface area is 113 Å². The molecule has 1 saturated heterocycles. The number of hydrogen-bond donors (Lipinski definition) is 1. The van der Waals surface area contributed by atoms with E-state index < -0.39 is 5.82 Å². The first kappa shape index (κ1) is 14.0. The minimum absolute atomic E-state index is 0.133. The summed E-state index contributed by atoms with van der Waals surface area (Å²) >= 11 is 0. The van der Waals surface area contributed by atoms with E-state index in [0.717, 1.165) is 13.1 Å². The molecule has 2 rings (SSSR count). The first-order valence-corrected chi connectivity index (χ1v) is 6.87. The number of nitrogens with one attached hydrogen (secondary N) is 1. The first-order chi connectivity index (χ1) is 9.09. The van der Waals surface area contributed by atoms with Gasteiger partial charge in [0.25, 0.3) is 5.91 Å². The van der Waals surface area contributed by atoms with E-state index in [1.807, 2.05) is 0 Å². The second-order valence-corrected chi connectivity index (χ2v) is 5.24. The van der Waals surface area contributed by atoms with Gasteiger partial charge in [-0.05, 0) is 51.4 Å². The van der Waals surface area contributed by atoms with Crippen molar-refractivity contribution in [3.05, 3.63) is 35.1 Å². The number of rotatable bonds is 4. The Morgan fingerprint density at radius 1 is 1.42 bits per heavy atom. The molecule has 4 heteroatoms. The highest BCUT2D eigenvalue weighted by Gasteiger charge is 2.19. The molecule has 1 aliphatic rings. The van der Waals surface area contributed by atoms with Gasteiger partial charge in [0.05, 0.1) is 5.56 Å². The molecule has 0 aliphatic carbocycles. The van der Waals surface area contributed by atoms with Gasteiger partial charge < -0.3 is 5.32 Å². The number of halogens is 1. The quantitative estimate of drug-likeness (QED) is 0.905. The molecule has 104 valence electrons. The number of hydrogen-bond acceptors (Lipinski definition) is 2. The van der Waals surface area contributed by atoms with Crippen LogP contribution in [0.1, 0.15) is 35.7 Å². The summed E-state index contributed by atoms with van der Waals surface area (Å²) in [5, 5.41) is 2.82. The molecule has 1 aliphatic heterocycles. The summed E-state index contributed by atoms with van der Waals surface area (Å²) in [7, 11) is 0. The van der Waals surface area contributed by atoms with E-state index in [1.54, 1.807) is 19.1 Å². The molecule has 0 saturated carbocycles. The summed E-state index contributed by atoms with van der Waals surface area (Å²) in [6.07, 6.45) is 2.45. The molecule has 0 aromatic heterocycles. The number of nitrogens with zero attached hydrogens (tertiary/aromatic N) is 1. The van der Waals surface area contributed by atoms with Gasteiger partial charge in [0.2, 0.25) is 0 Å². The van der Waals surface area contributed by atoms with Gasteiger partial charge in [0.1, 0.15) is 5.82 Å². The fraction of sp³-hybridized carbons (Fsp3) is 0.533. The number of carbonyl (C=O) groups is 1. The van der Waals surface area contributed by atoms with Crippen LogP contribution in [0.5, 0.6) is 0 Å². The highest BCUT2D eigenvalue weighted by Crippen LogP contribution is 2.13. The fourth-order valence-corrected chi connectivity index (χ4v) is 2.47. The second-order valence-electron chi connectivity index (χ2n) is 5.24. The minimum atomic E-state index is -0.422. The molecule has 3 nitrogen and oxygen atoms in total. The standard InChI is InChI=1S/C15H21FN2O/c1-11-6-5-7-13(14(11)16)15(19)17-10-12(2)18-8-3-4-9-18/h5-7,12H,3-4,8-10H2,1-2H3,(H,17,19). The van der Waals surface area contributed by atoms with Crippen molar-refractivity contribution in [3.63, 3.8) is 0 Å². The average molecular weight is 264 g/mol. The smallest absolute Gasteiger partial charge is 0.254 e. The van der Waals surface area contributed by atoms with Crippen molar-refractivity contribution in [3.8, 4) is 0 Å². The second kappa shape index (κ2) is 6.15. The fourth-order valence-electron chi connectivity index (χ4n) is 2.47. The Kier molecular flexibility index (Phi) is 4.53. The topological polar surface area (TPSA) is 32.3 Å². The summed E-state index contributed by atoms with van der Waals surface area (Å²) in [6.45, 7) is 6.51. The Hall–Kier alpha value is -1.42. The van der Waals surface area contributed by atoms with Crippen LogP contribution in [-0.4, -0.2) is 36.5 Å². The van der Waals surface area contributed by atoms with E-state index in [4.69, 9.17) is 0 Å². The van der Waals surface area contributed by atoms with Gasteiger partial charge in [0, 0.05) is 12.6 Å². The van der Waals surface area contributed by atoms with E-state index >= 15 is 0 Å². The van der Waals surface area contributed by atoms with Crippen LogP contribution >= 0.6 is 0 Å². The minimum Gasteiger partial charge on any atom is -0.350 e. The Morgan fingerprint density at radius 2 is 2.11 bits per heavy atom. The van der Waals surface area contributed by atoms with E-state index in [1.165, 1.54) is 18.9 Å². The van der Waals surface area contributed by atoms with Crippen LogP contribution in [0.3, 0.4) is 0 Å². The number of amides is 1. The first-order valence-electron chi connectivity index (χ1n) is 6.87. The molecule has 19 heavy (non-hydrogen) atoms. The van der Waals surface area contributed by atoms with Crippen LogP contribution in [0.15, 0.2) is 18.2 Å². The number of carbonyl (C=O) groups excluding carboxylic acids is 1. The van der Waals surface area contributed by atoms with E-state index in [0.29, 0.717) is 18.2 Å². The van der Waals surface area contributed by atoms with E-state index in [-0.39, 0.29) is 11.5 Å². The van der Waals surface area contributed by atoms with Crippen LogP contribution in [0, 0.1) is 12.7 Å². The number of benzene rings is 1. The van der Waals surface area contributed by atoms with Crippen LogP contribution in [0.2, 0.25) is 0 Å². The Morgan fingerprint density at radius 3 is 2.79 bits per heavy atom. The normalized spacial score (nSPS) is 17.4. The predicted octanol–water partition coefficient (Wildman–Crippen LogP) is 2.35. The molecule has 1 aromatic rings. The molecular formula is C15H21FN2O. The lowest BCUT2D eigenvalue weighted by atomic mass is 10.1. The third-order valence-corrected chi connectivity index (χ3v) is 3.76. The zero-order valence-corrected chi connectivity index (χ0v) is 11.6. The molecule has 1 atom stereocenters. The van der Waals surface area contributed by atoms with E-state index in [2.05, 4.69) is 17.1 Å². The predicted molar refractivity (Wildman–Crippen MR) is 73.7 cm³/mol. The van der Waals surface area contributed by atoms with Gasteiger partial charge in [-0.1, -0.05) is 12.1 Å². The summed E-state index contributed by atoms with van der Waals surface area (Å²) < 4.78 is 13.8. The van der Waals surface area contributed by atoms with Crippen molar-refractivity contribution >= 4 is 5.91 Å². The molecule has 1 amide bonds. The van der Waals surface area contributed by atoms with Crippen molar-refractivity contribution in [2.45, 2.75) is 32.7 Å². The molecule has 1 N–H and O–H groups in total. The van der Waals surface area contributed by atoms with Crippen LogP contribution in [-0.2, 0) is 0 Å². The van der Waals surface area contributed by atoms with Crippen LogP contribution in [0.4, 0.5) is 4.39 Å². The summed E-state index contributed by atoms with van der Waals surface area (Å²) in [5.41, 5.74) is 0.633. The maximum absolute atomic E-state index is 13.8. The van der Waals surface area contributed by atoms with Crippen molar-refractivity contribution < 1.29 is 9.18 Å². The summed E-state index contributed by atoms with van der Waals surface area (Å²) in [5.74, 6) is -0.749. The lowest BCUT2D eigenvalue weighted by molar-refractivity contribution is 0.0936. The molecule has 0 bridgehead atoms. The van der Waals surface area contributed by atoms with Crippen LogP contribution < -0.4 is 5.32 Å². The van der Waals surface area contributed by atoms with Gasteiger partial charge in [-0.2, -0.15) is 0 Å². The monoisotopic (exact) mass is 264 g/mol. The van der Waals surface area contributed by atoms with Crippen molar-refractivity contribution in [2.24, 2.45) is 0 Å². The van der Waals surface area contributed by atoms with Gasteiger partial charge in [-0.25, -0.2) is 4.39 Å². The van der Waals surface area contributed by atoms with Gasteiger partial charge in [0.15, 0.2) is 0 Å². The zero-order valence-electron chi connectivity index (χ0n) is 11.6. The molecule has 1 heterocycles. The van der Waals surface area contributed by atoms with Gasteiger partial charge >= 0.3 is 0 Å². The molecule has 1 aromatic carbocycles. The SMILES string of the molecule is Cc1cccc(C(=O)NCC(C)N2CCCC2)c1F. The number of likely N-dealkylation sites (tertiary alicyclic amines) is 1. The van der Waals surface area contributed by atoms with Crippen LogP contribution in [0.25, 0.3) is 0 Å². The van der Waals surface area contributed by atoms with E-state index in [9.17, 15) is 9.18 Å². The zero-order chi connectivity index (χ0) is 13.8. The maximum Gasteiger partial charge on any atom is 0.254 e. The molecule has 1 unspecified atom stereocenters. The summed E-state index contributed by atoms with van der Waals surface area (Å²) in [6, 6.07) is 5.20. The van der Waals surface area contributed by atoms with Gasteiger partial charge in [-0.15, -0.1) is 0 Å². The molecule has 0 radical (unpaired) electrons. The highest BCUT2D eigenvalue weighted by molar-refractivity contribution is 5.94. The molecule has 0 spiro atoms. The lowest BCUT2D eigenvalue weighted by Crippen LogP contribution is -2.40. The van der Waals surface area contributed by atoms with Crippen molar-refractivity contribution in [2.75, 3.05) is 19.6 Å². The maximum atomic E-state index is 13.8. The molecule has 1 fully saturated rings. The van der Waals surface area contributed by atoms with Crippen molar-refractivity contribution in [1.29, 1.82) is 0 Å². The highest BCUT2D eigenvalue weighted by atomic mass is 19.1.